The molecule has 0 unspecified atom stereocenters. The van der Waals surface area contributed by atoms with E-state index < -0.39 is 17.6 Å². The monoisotopic (exact) mass is 575 g/mol. The summed E-state index contributed by atoms with van der Waals surface area (Å²) in [6.45, 7) is 7.04. The Labute approximate surface area is 242 Å². The molecule has 2 aromatic carbocycles. The number of amides is 1. The number of aromatic nitrogens is 3. The van der Waals surface area contributed by atoms with Gasteiger partial charge >= 0.3 is 6.18 Å². The lowest BCUT2D eigenvalue weighted by atomic mass is 10.0. The van der Waals surface area contributed by atoms with Gasteiger partial charge in [-0.05, 0) is 67.9 Å². The Morgan fingerprint density at radius 2 is 1.76 bits per heavy atom. The number of benzene rings is 2. The maximum Gasteiger partial charge on any atom is 0.416 e. The third kappa shape index (κ3) is 6.56. The summed E-state index contributed by atoms with van der Waals surface area (Å²) in [4.78, 5) is 21.7. The van der Waals surface area contributed by atoms with Gasteiger partial charge in [-0.25, -0.2) is 4.52 Å². The molecule has 3 heterocycles. The van der Waals surface area contributed by atoms with Crippen molar-refractivity contribution >= 4 is 23.2 Å². The van der Waals surface area contributed by atoms with E-state index in [9.17, 15) is 18.0 Å². The average Bonchev–Trinajstić information content (AvgIpc) is 3.38. The van der Waals surface area contributed by atoms with Gasteiger partial charge in [-0.1, -0.05) is 24.0 Å². The van der Waals surface area contributed by atoms with Gasteiger partial charge in [0.15, 0.2) is 5.65 Å². The Hall–Kier alpha value is -4.40. The lowest BCUT2D eigenvalue weighted by Gasteiger charge is -2.33. The van der Waals surface area contributed by atoms with Crippen LogP contribution in [0.25, 0.3) is 5.65 Å². The molecule has 4 aromatic rings. The number of rotatable bonds is 5. The zero-order chi connectivity index (χ0) is 30.0. The predicted molar refractivity (Wildman–Crippen MR) is 157 cm³/mol. The molecule has 1 fully saturated rings. The van der Waals surface area contributed by atoms with E-state index in [1.54, 1.807) is 36.0 Å². The molecule has 8 nitrogen and oxygen atoms in total. The van der Waals surface area contributed by atoms with E-state index in [0.717, 1.165) is 41.5 Å². The quantitative estimate of drug-likeness (QED) is 0.333. The highest BCUT2D eigenvalue weighted by molar-refractivity contribution is 6.04. The highest BCUT2D eigenvalue weighted by Gasteiger charge is 2.34. The number of anilines is 2. The van der Waals surface area contributed by atoms with Crippen LogP contribution in [0, 0.1) is 25.7 Å². The van der Waals surface area contributed by atoms with Crippen LogP contribution in [0.2, 0.25) is 0 Å². The predicted octanol–water partition coefficient (Wildman–Crippen LogP) is 4.81. The number of alkyl halides is 3. The van der Waals surface area contributed by atoms with Gasteiger partial charge < -0.3 is 15.5 Å². The molecule has 42 heavy (non-hydrogen) atoms. The molecule has 1 aliphatic heterocycles. The van der Waals surface area contributed by atoms with Crippen LogP contribution in [0.15, 0.2) is 48.7 Å². The zero-order valence-electron chi connectivity index (χ0n) is 23.9. The van der Waals surface area contributed by atoms with Crippen molar-refractivity contribution in [2.45, 2.75) is 26.6 Å². The van der Waals surface area contributed by atoms with E-state index in [0.29, 0.717) is 30.2 Å². The number of nitrogens with zero attached hydrogens (tertiary/aromatic N) is 5. The summed E-state index contributed by atoms with van der Waals surface area (Å²) in [5.74, 6) is 6.23. The fraction of sp³-hybridized carbons (Fsp3) is 0.323. The van der Waals surface area contributed by atoms with Crippen LogP contribution in [0.4, 0.5) is 24.8 Å². The largest absolute Gasteiger partial charge is 0.416 e. The van der Waals surface area contributed by atoms with Crippen LogP contribution < -0.4 is 10.6 Å². The minimum atomic E-state index is -4.54. The number of hydrogen-bond acceptors (Lipinski definition) is 6. The highest BCUT2D eigenvalue weighted by atomic mass is 19.4. The minimum Gasteiger partial charge on any atom is -0.356 e. The molecule has 218 valence electrons. The molecule has 5 rings (SSSR count). The first kappa shape index (κ1) is 29.1. The van der Waals surface area contributed by atoms with Gasteiger partial charge in [0.1, 0.15) is 0 Å². The molecule has 0 bridgehead atoms. The lowest BCUT2D eigenvalue weighted by molar-refractivity contribution is -0.138. The van der Waals surface area contributed by atoms with E-state index in [-0.39, 0.29) is 17.8 Å². The number of halogens is 3. The second-order valence-corrected chi connectivity index (χ2v) is 10.5. The summed E-state index contributed by atoms with van der Waals surface area (Å²) in [7, 11) is 3.75. The van der Waals surface area contributed by atoms with E-state index in [1.165, 1.54) is 12.1 Å². The summed E-state index contributed by atoms with van der Waals surface area (Å²) in [5, 5.41) is 9.91. The maximum atomic E-state index is 14.0. The molecule has 1 aliphatic rings. The third-order valence-electron chi connectivity index (χ3n) is 7.35. The van der Waals surface area contributed by atoms with Gasteiger partial charge in [-0.15, -0.1) is 5.10 Å². The summed E-state index contributed by atoms with van der Waals surface area (Å²) in [6, 6.07) is 10.9. The Balaban J connectivity index is 1.35. The summed E-state index contributed by atoms with van der Waals surface area (Å²) < 4.78 is 43.6. The summed E-state index contributed by atoms with van der Waals surface area (Å²) >= 11 is 0. The Morgan fingerprint density at radius 1 is 1.00 bits per heavy atom. The van der Waals surface area contributed by atoms with Crippen molar-refractivity contribution in [2.24, 2.45) is 0 Å². The second-order valence-electron chi connectivity index (χ2n) is 10.5. The number of fused-ring (bicyclic) bond motifs is 1. The van der Waals surface area contributed by atoms with Crippen LogP contribution in [0.5, 0.6) is 0 Å². The first-order valence-electron chi connectivity index (χ1n) is 13.6. The summed E-state index contributed by atoms with van der Waals surface area (Å²) in [5.41, 5.74) is 3.68. The number of piperazine rings is 1. The van der Waals surface area contributed by atoms with Gasteiger partial charge in [-0.3, -0.25) is 9.69 Å². The number of nitrogens with one attached hydrogen (secondary N) is 2. The number of likely N-dealkylation sites (N-methyl/N-ethyl adjacent to an activating group) is 1. The number of aryl methyl sites for hydroxylation is 2. The van der Waals surface area contributed by atoms with Crippen LogP contribution in [0.3, 0.4) is 0 Å². The van der Waals surface area contributed by atoms with Crippen molar-refractivity contribution < 1.29 is 18.0 Å². The molecule has 0 spiro atoms. The van der Waals surface area contributed by atoms with Crippen molar-refractivity contribution in [3.63, 3.8) is 0 Å². The maximum absolute atomic E-state index is 14.0. The van der Waals surface area contributed by atoms with Crippen LogP contribution in [0.1, 0.15) is 43.7 Å². The van der Waals surface area contributed by atoms with Gasteiger partial charge in [0.2, 0.25) is 5.95 Å². The first-order valence-corrected chi connectivity index (χ1v) is 13.6. The number of hydrogen-bond donors (Lipinski definition) is 2. The molecule has 0 radical (unpaired) electrons. The number of carbonyl (C=O) groups excluding carboxylic acids is 1. The molecule has 0 atom stereocenters. The minimum absolute atomic E-state index is 0.0835. The van der Waals surface area contributed by atoms with E-state index in [2.05, 4.69) is 37.5 Å². The normalized spacial score (nSPS) is 14.5. The molecule has 1 saturated heterocycles. The Bertz CT molecular complexity index is 1690. The molecular formula is C31H32F3N7O. The Morgan fingerprint density at radius 3 is 2.48 bits per heavy atom. The Kier molecular flexibility index (Phi) is 8.20. The van der Waals surface area contributed by atoms with Crippen molar-refractivity contribution in [3.05, 3.63) is 87.6 Å². The third-order valence-corrected chi connectivity index (χ3v) is 7.35. The molecule has 0 saturated carbocycles. The van der Waals surface area contributed by atoms with Crippen LogP contribution in [-0.4, -0.2) is 70.6 Å². The standard InChI is InChI=1S/C31H32F3N7O/c1-20-5-7-24(16-23(20)8-6-22-15-21(2)28-37-30(35-3)38-41(28)18-22)29(42)36-26-10-9-25(27(17-26)31(32,33)34)19-40-13-11-39(4)12-14-40/h5,7,9-10,15-18H,11-14,19H2,1-4H3,(H,35,38)(H,36,42). The average molecular weight is 576 g/mol. The fourth-order valence-electron chi connectivity index (χ4n) is 4.87. The molecule has 1 amide bonds. The molecule has 11 heteroatoms. The smallest absolute Gasteiger partial charge is 0.356 e. The molecule has 0 aliphatic carbocycles. The second kappa shape index (κ2) is 11.8. The molecule has 2 N–H and O–H groups in total. The van der Waals surface area contributed by atoms with Gasteiger partial charge in [0.25, 0.3) is 5.91 Å². The fourth-order valence-corrected chi connectivity index (χ4v) is 4.87. The van der Waals surface area contributed by atoms with Crippen LogP contribution in [-0.2, 0) is 12.7 Å². The van der Waals surface area contributed by atoms with Gasteiger partial charge in [0, 0.05) is 68.3 Å². The number of carbonyl (C=O) groups is 1. The molecular weight excluding hydrogens is 543 g/mol. The first-order chi connectivity index (χ1) is 20.0. The SMILES string of the molecule is CNc1nc2c(C)cc(C#Cc3cc(C(=O)Nc4ccc(CN5CCN(C)CC5)c(C(F)(F)F)c4)ccc3C)cn2n1. The van der Waals surface area contributed by atoms with E-state index in [4.69, 9.17) is 0 Å². The number of pyridine rings is 1. The van der Waals surface area contributed by atoms with Crippen molar-refractivity contribution in [3.8, 4) is 11.8 Å². The van der Waals surface area contributed by atoms with Gasteiger partial charge in [-0.2, -0.15) is 18.2 Å². The van der Waals surface area contributed by atoms with Gasteiger partial charge in [0.05, 0.1) is 5.56 Å². The lowest BCUT2D eigenvalue weighted by Crippen LogP contribution is -2.44. The molecule has 2 aromatic heterocycles. The topological polar surface area (TPSA) is 77.8 Å². The summed E-state index contributed by atoms with van der Waals surface area (Å²) in [6.07, 6.45) is -2.77. The van der Waals surface area contributed by atoms with Crippen molar-refractivity contribution in [1.29, 1.82) is 0 Å². The highest BCUT2D eigenvalue weighted by Crippen LogP contribution is 2.34. The zero-order valence-corrected chi connectivity index (χ0v) is 23.9. The van der Waals surface area contributed by atoms with E-state index in [1.807, 2.05) is 31.9 Å². The van der Waals surface area contributed by atoms with Crippen LogP contribution >= 0.6 is 0 Å². The van der Waals surface area contributed by atoms with Crippen molar-refractivity contribution in [1.82, 2.24) is 24.4 Å². The van der Waals surface area contributed by atoms with E-state index >= 15 is 0 Å². The van der Waals surface area contributed by atoms with Crippen molar-refractivity contribution in [2.75, 3.05) is 50.9 Å².